The summed E-state index contributed by atoms with van der Waals surface area (Å²) in [6.07, 6.45) is 2.04. The monoisotopic (exact) mass is 498 g/mol. The van der Waals surface area contributed by atoms with E-state index in [0.717, 1.165) is 24.7 Å². The van der Waals surface area contributed by atoms with Gasteiger partial charge in [-0.1, -0.05) is 51.1 Å². The van der Waals surface area contributed by atoms with Crippen molar-refractivity contribution in [2.45, 2.75) is 65.0 Å². The van der Waals surface area contributed by atoms with Crippen molar-refractivity contribution in [2.75, 3.05) is 13.1 Å². The molecule has 11 heteroatoms. The number of benzene rings is 1. The second-order valence-corrected chi connectivity index (χ2v) is 10.2. The fraction of sp³-hybridized carbons (Fsp3) is 0.520. The summed E-state index contributed by atoms with van der Waals surface area (Å²) in [5.74, 6) is -3.22. The second-order valence-electron chi connectivity index (χ2n) is 10.2. The van der Waals surface area contributed by atoms with Gasteiger partial charge in [-0.05, 0) is 43.6 Å². The molecule has 0 aliphatic carbocycles. The van der Waals surface area contributed by atoms with Crippen molar-refractivity contribution < 1.29 is 24.0 Å². The van der Waals surface area contributed by atoms with E-state index in [1.54, 1.807) is 6.92 Å². The molecule has 2 heterocycles. The number of rotatable bonds is 10. The lowest BCUT2D eigenvalue weighted by molar-refractivity contribution is -0.141. The smallest absolute Gasteiger partial charge is 0.351 e. The predicted molar refractivity (Wildman–Crippen MR) is 131 cm³/mol. The Hall–Kier alpha value is -3.60. The Kier molecular flexibility index (Phi) is 8.57. The minimum atomic E-state index is -2.25. The van der Waals surface area contributed by atoms with Gasteiger partial charge in [0, 0.05) is 13.1 Å². The molecule has 194 valence electrons. The number of ketones is 2. The van der Waals surface area contributed by atoms with Crippen molar-refractivity contribution >= 4 is 23.6 Å². The van der Waals surface area contributed by atoms with Crippen LogP contribution in [0.1, 0.15) is 75.6 Å². The summed E-state index contributed by atoms with van der Waals surface area (Å²) in [4.78, 5) is 62.9. The number of carbonyl (C=O) groups is 4. The number of hydrogen-bond donors (Lipinski definition) is 3. The first-order valence-corrected chi connectivity index (χ1v) is 12.1. The molecule has 0 bridgehead atoms. The van der Waals surface area contributed by atoms with Crippen LogP contribution in [0.15, 0.2) is 36.7 Å². The zero-order valence-electron chi connectivity index (χ0n) is 21.2. The Bertz CT molecular complexity index is 1060. The van der Waals surface area contributed by atoms with Crippen LogP contribution in [-0.2, 0) is 14.4 Å². The van der Waals surface area contributed by atoms with E-state index in [4.69, 9.17) is 4.84 Å². The van der Waals surface area contributed by atoms with Crippen LogP contribution in [0.2, 0.25) is 0 Å². The fourth-order valence-corrected chi connectivity index (χ4v) is 3.96. The van der Waals surface area contributed by atoms with Crippen LogP contribution in [-0.4, -0.2) is 62.4 Å². The number of amides is 2. The Morgan fingerprint density at radius 2 is 1.75 bits per heavy atom. The van der Waals surface area contributed by atoms with Gasteiger partial charge in [-0.3, -0.25) is 24.8 Å². The lowest BCUT2D eigenvalue weighted by Crippen LogP contribution is -2.64. The average Bonchev–Trinajstić information content (AvgIpc) is 3.55. The molecular weight excluding hydrogens is 464 g/mol. The highest BCUT2D eigenvalue weighted by Crippen LogP contribution is 2.29. The van der Waals surface area contributed by atoms with Gasteiger partial charge < -0.3 is 10.2 Å². The first-order chi connectivity index (χ1) is 17.0. The molecule has 0 unspecified atom stereocenters. The third-order valence-electron chi connectivity index (χ3n) is 6.10. The van der Waals surface area contributed by atoms with Crippen molar-refractivity contribution in [3.8, 4) is 0 Å². The molecule has 0 spiro atoms. The van der Waals surface area contributed by atoms with Gasteiger partial charge in [0.15, 0.2) is 11.4 Å². The maximum Gasteiger partial charge on any atom is 0.427 e. The largest absolute Gasteiger partial charge is 0.427 e. The van der Waals surface area contributed by atoms with Crippen LogP contribution in [0, 0.1) is 5.41 Å². The number of nitrogens with one attached hydrogen (secondary N) is 3. The van der Waals surface area contributed by atoms with Crippen molar-refractivity contribution in [3.63, 3.8) is 0 Å². The summed E-state index contributed by atoms with van der Waals surface area (Å²) in [6.45, 7) is 8.61. The van der Waals surface area contributed by atoms with Gasteiger partial charge in [-0.25, -0.2) is 9.78 Å². The normalized spacial score (nSPS) is 16.6. The van der Waals surface area contributed by atoms with Crippen LogP contribution in [0.4, 0.5) is 4.79 Å². The van der Waals surface area contributed by atoms with E-state index in [0.29, 0.717) is 19.5 Å². The van der Waals surface area contributed by atoms with Crippen LogP contribution < -0.4 is 10.6 Å². The Labute approximate surface area is 210 Å². The van der Waals surface area contributed by atoms with Gasteiger partial charge >= 0.3 is 6.09 Å². The molecule has 1 aliphatic rings. The molecule has 1 aliphatic heterocycles. The summed E-state index contributed by atoms with van der Waals surface area (Å²) in [5.41, 5.74) is -1.78. The maximum atomic E-state index is 13.8. The van der Waals surface area contributed by atoms with Crippen molar-refractivity contribution in [1.29, 1.82) is 0 Å². The number of aromatic nitrogens is 3. The number of nitrogens with zero attached hydrogens (tertiary/aromatic N) is 3. The second kappa shape index (κ2) is 11.4. The van der Waals surface area contributed by atoms with Gasteiger partial charge in [0.05, 0.1) is 6.04 Å². The van der Waals surface area contributed by atoms with Crippen molar-refractivity contribution in [3.05, 3.63) is 48.0 Å². The minimum absolute atomic E-state index is 0.142. The fourth-order valence-electron chi connectivity index (χ4n) is 3.96. The standard InChI is InChI=1S/C25H34N6O5/c1-17(18-10-6-5-7-11-18)28-22(34)20(33)25(13-12-24(2,3)4,19(32)21-26-16-27-30-21)29-23(35)36-31-14-8-9-15-31/h5-7,10-11,16-17H,8-9,12-15H2,1-4H3,(H,28,34)(H,29,35)(H,26,27,30)/t17-,25+/m1/s1. The van der Waals surface area contributed by atoms with E-state index >= 15 is 0 Å². The van der Waals surface area contributed by atoms with Gasteiger partial charge in [-0.2, -0.15) is 5.10 Å². The summed E-state index contributed by atoms with van der Waals surface area (Å²) < 4.78 is 0. The lowest BCUT2D eigenvalue weighted by atomic mass is 9.77. The minimum Gasteiger partial charge on any atom is -0.351 e. The molecule has 0 saturated carbocycles. The number of aromatic amines is 1. The van der Waals surface area contributed by atoms with E-state index in [1.807, 2.05) is 51.1 Å². The third kappa shape index (κ3) is 6.75. The quantitative estimate of drug-likeness (QED) is 0.257. The number of carbonyl (C=O) groups excluding carboxylic acids is 4. The Balaban J connectivity index is 1.95. The molecule has 1 fully saturated rings. The molecule has 1 saturated heterocycles. The van der Waals surface area contributed by atoms with E-state index in [1.165, 1.54) is 5.06 Å². The molecule has 3 N–H and O–H groups in total. The molecule has 1 aromatic heterocycles. The number of Topliss-reactive ketones (excluding diaryl/α,β-unsaturated/α-hetero) is 2. The SMILES string of the molecule is C[C@@H](NC(=O)C(=O)[C@@](CCC(C)(C)C)(NC(=O)ON1CCCC1)C(=O)c1ncn[nH]1)c1ccccc1. The molecule has 36 heavy (non-hydrogen) atoms. The van der Waals surface area contributed by atoms with Gasteiger partial charge in [-0.15, -0.1) is 5.06 Å². The van der Waals surface area contributed by atoms with Crippen molar-refractivity contribution in [1.82, 2.24) is 30.9 Å². The Morgan fingerprint density at radius 3 is 2.33 bits per heavy atom. The van der Waals surface area contributed by atoms with Gasteiger partial charge in [0.1, 0.15) is 6.33 Å². The molecule has 1 aromatic carbocycles. The van der Waals surface area contributed by atoms with Crippen molar-refractivity contribution in [2.24, 2.45) is 5.41 Å². The van der Waals surface area contributed by atoms with Gasteiger partial charge in [0.25, 0.3) is 11.7 Å². The topological polar surface area (TPSA) is 146 Å². The first-order valence-electron chi connectivity index (χ1n) is 12.1. The first kappa shape index (κ1) is 27.0. The number of hydroxylamine groups is 2. The highest BCUT2D eigenvalue weighted by atomic mass is 16.7. The van der Waals surface area contributed by atoms with Crippen LogP contribution in [0.3, 0.4) is 0 Å². The Morgan fingerprint density at radius 1 is 1.08 bits per heavy atom. The van der Waals surface area contributed by atoms with E-state index in [2.05, 4.69) is 25.8 Å². The van der Waals surface area contributed by atoms with E-state index in [9.17, 15) is 19.2 Å². The molecular formula is C25H34N6O5. The molecule has 3 rings (SSSR count). The lowest BCUT2D eigenvalue weighted by Gasteiger charge is -2.33. The zero-order valence-corrected chi connectivity index (χ0v) is 21.2. The average molecular weight is 499 g/mol. The van der Waals surface area contributed by atoms with Crippen LogP contribution in [0.25, 0.3) is 0 Å². The molecule has 0 radical (unpaired) electrons. The van der Waals surface area contributed by atoms with E-state index in [-0.39, 0.29) is 17.7 Å². The highest BCUT2D eigenvalue weighted by molar-refractivity contribution is 6.46. The number of hydrogen-bond acceptors (Lipinski definition) is 8. The summed E-state index contributed by atoms with van der Waals surface area (Å²) in [6, 6.07) is 8.58. The molecule has 2 atom stereocenters. The van der Waals surface area contributed by atoms with E-state index < -0.39 is 35.1 Å². The summed E-state index contributed by atoms with van der Waals surface area (Å²) >= 11 is 0. The molecule has 11 nitrogen and oxygen atoms in total. The number of H-pyrrole nitrogens is 1. The third-order valence-corrected chi connectivity index (χ3v) is 6.10. The molecule has 2 aromatic rings. The summed E-state index contributed by atoms with van der Waals surface area (Å²) in [7, 11) is 0. The molecule has 2 amide bonds. The van der Waals surface area contributed by atoms with Crippen LogP contribution in [0.5, 0.6) is 0 Å². The highest BCUT2D eigenvalue weighted by Gasteiger charge is 2.52. The van der Waals surface area contributed by atoms with Crippen LogP contribution >= 0.6 is 0 Å². The van der Waals surface area contributed by atoms with Gasteiger partial charge in [0.2, 0.25) is 5.78 Å². The maximum absolute atomic E-state index is 13.8. The predicted octanol–water partition coefficient (Wildman–Crippen LogP) is 2.74. The zero-order chi connectivity index (χ0) is 26.3. The summed E-state index contributed by atoms with van der Waals surface area (Å²) in [5, 5.41) is 12.7.